The fraction of sp³-hybridized carbons (Fsp3) is 0.435. The molecule has 1 amide bonds. The fourth-order valence-electron chi connectivity index (χ4n) is 4.10. The highest BCUT2D eigenvalue weighted by Crippen LogP contribution is 2.29. The van der Waals surface area contributed by atoms with Gasteiger partial charge >= 0.3 is 0 Å². The van der Waals surface area contributed by atoms with Crippen molar-refractivity contribution in [2.75, 3.05) is 6.61 Å². The van der Waals surface area contributed by atoms with E-state index in [1.54, 1.807) is 16.9 Å². The number of carbonyl (C=O) groups excluding carboxylic acids is 1. The van der Waals surface area contributed by atoms with Gasteiger partial charge < -0.3 is 10.4 Å². The molecule has 0 aliphatic heterocycles. The van der Waals surface area contributed by atoms with Gasteiger partial charge in [-0.3, -0.25) is 4.79 Å². The van der Waals surface area contributed by atoms with Gasteiger partial charge in [0.05, 0.1) is 6.54 Å². The molecule has 1 aliphatic carbocycles. The molecule has 3 aromatic rings. The predicted octanol–water partition coefficient (Wildman–Crippen LogP) is 3.43. The van der Waals surface area contributed by atoms with Crippen LogP contribution in [0.15, 0.2) is 36.4 Å². The van der Waals surface area contributed by atoms with Crippen LogP contribution in [0.3, 0.4) is 0 Å². The number of nitrogens with zero attached hydrogens (tertiary/aromatic N) is 5. The molecular weight excluding hydrogens is 428 g/mol. The van der Waals surface area contributed by atoms with E-state index in [1.165, 1.54) is 0 Å². The summed E-state index contributed by atoms with van der Waals surface area (Å²) in [6.07, 6.45) is 4.21. The number of hydrogen-bond acceptors (Lipinski definition) is 6. The van der Waals surface area contributed by atoms with Gasteiger partial charge in [0.1, 0.15) is 5.69 Å². The Hall–Kier alpha value is -2.84. The van der Waals surface area contributed by atoms with E-state index in [1.807, 2.05) is 31.2 Å². The van der Waals surface area contributed by atoms with Crippen LogP contribution >= 0.6 is 11.6 Å². The summed E-state index contributed by atoms with van der Waals surface area (Å²) in [4.78, 5) is 18.7. The first-order chi connectivity index (χ1) is 15.5. The zero-order chi connectivity index (χ0) is 22.5. The van der Waals surface area contributed by atoms with Crippen molar-refractivity contribution in [1.29, 1.82) is 0 Å². The van der Waals surface area contributed by atoms with Crippen molar-refractivity contribution in [3.63, 3.8) is 0 Å². The lowest BCUT2D eigenvalue weighted by Crippen LogP contribution is -2.24. The van der Waals surface area contributed by atoms with Crippen LogP contribution in [0.4, 0.5) is 0 Å². The van der Waals surface area contributed by atoms with E-state index in [9.17, 15) is 9.90 Å². The summed E-state index contributed by atoms with van der Waals surface area (Å²) in [6.45, 7) is 3.18. The number of benzene rings is 1. The molecule has 1 aliphatic rings. The Balaban J connectivity index is 1.42. The number of aromatic nitrogens is 5. The lowest BCUT2D eigenvalue weighted by Gasteiger charge is -2.26. The summed E-state index contributed by atoms with van der Waals surface area (Å²) < 4.78 is 0. The van der Waals surface area contributed by atoms with Crippen molar-refractivity contribution in [3.05, 3.63) is 58.4 Å². The average molecular weight is 455 g/mol. The van der Waals surface area contributed by atoms with Gasteiger partial charge in [-0.15, -0.1) is 10.2 Å². The van der Waals surface area contributed by atoms with Gasteiger partial charge in [-0.25, -0.2) is 4.98 Å². The zero-order valence-electron chi connectivity index (χ0n) is 18.0. The molecule has 9 heteroatoms. The molecule has 1 saturated carbocycles. The number of tetrazole rings is 1. The third-order valence-corrected chi connectivity index (χ3v) is 6.12. The molecule has 0 atom stereocenters. The number of pyridine rings is 1. The molecule has 4 rings (SSSR count). The van der Waals surface area contributed by atoms with Gasteiger partial charge in [0, 0.05) is 29.4 Å². The Kier molecular flexibility index (Phi) is 7.12. The molecule has 0 spiro atoms. The van der Waals surface area contributed by atoms with Crippen LogP contribution in [0.1, 0.15) is 47.4 Å². The maximum atomic E-state index is 12.7. The monoisotopic (exact) mass is 454 g/mol. The molecule has 8 nitrogen and oxygen atoms in total. The summed E-state index contributed by atoms with van der Waals surface area (Å²) in [7, 11) is 0. The summed E-state index contributed by atoms with van der Waals surface area (Å²) in [5.74, 6) is 1.12. The number of halogens is 1. The third-order valence-electron chi connectivity index (χ3n) is 5.89. The van der Waals surface area contributed by atoms with E-state index in [0.717, 1.165) is 31.2 Å². The highest BCUT2D eigenvalue weighted by molar-refractivity contribution is 6.30. The maximum Gasteiger partial charge on any atom is 0.270 e. The third kappa shape index (κ3) is 5.69. The van der Waals surface area contributed by atoms with Gasteiger partial charge in [0.25, 0.3) is 5.91 Å². The van der Waals surface area contributed by atoms with Crippen LogP contribution in [0.2, 0.25) is 5.02 Å². The molecular formula is C23H27ClN6O2. The number of rotatable bonds is 7. The number of carbonyl (C=O) groups is 1. The zero-order valence-corrected chi connectivity index (χ0v) is 18.8. The first-order valence-electron chi connectivity index (χ1n) is 10.9. The average Bonchev–Trinajstić information content (AvgIpc) is 3.26. The molecule has 2 aromatic heterocycles. The van der Waals surface area contributed by atoms with E-state index in [2.05, 4.69) is 25.7 Å². The molecule has 1 fully saturated rings. The molecule has 0 saturated heterocycles. The first kappa shape index (κ1) is 22.4. The number of nitrogens with one attached hydrogen (secondary N) is 1. The Morgan fingerprint density at radius 1 is 1.19 bits per heavy atom. The number of aryl methyl sites for hydroxylation is 1. The number of hydrogen-bond donors (Lipinski definition) is 2. The van der Waals surface area contributed by atoms with Crippen molar-refractivity contribution in [2.45, 2.75) is 45.7 Å². The van der Waals surface area contributed by atoms with Crippen molar-refractivity contribution in [3.8, 4) is 11.4 Å². The molecule has 2 heterocycles. The number of amides is 1. The quantitative estimate of drug-likeness (QED) is 0.566. The van der Waals surface area contributed by atoms with Crippen LogP contribution in [-0.2, 0) is 13.1 Å². The van der Waals surface area contributed by atoms with E-state index in [-0.39, 0.29) is 12.5 Å². The SMILES string of the molecule is Cc1cc(-c2nnn(CC3CCC(CO)CC3)n2)cc(C(=O)NCc2cccc(Cl)c2)n1. The van der Waals surface area contributed by atoms with Gasteiger partial charge in [-0.1, -0.05) is 23.7 Å². The molecule has 168 valence electrons. The summed E-state index contributed by atoms with van der Waals surface area (Å²) in [6, 6.07) is 10.9. The Labute approximate surface area is 192 Å². The fourth-order valence-corrected chi connectivity index (χ4v) is 4.31. The van der Waals surface area contributed by atoms with Gasteiger partial charge in [0.2, 0.25) is 5.82 Å². The minimum absolute atomic E-state index is 0.273. The Morgan fingerprint density at radius 3 is 2.72 bits per heavy atom. The van der Waals surface area contributed by atoms with Gasteiger partial charge in [-0.05, 0) is 79.5 Å². The highest BCUT2D eigenvalue weighted by Gasteiger charge is 2.22. The van der Waals surface area contributed by atoms with Crippen molar-refractivity contribution in [1.82, 2.24) is 30.5 Å². The van der Waals surface area contributed by atoms with E-state index in [0.29, 0.717) is 52.7 Å². The molecule has 32 heavy (non-hydrogen) atoms. The highest BCUT2D eigenvalue weighted by atomic mass is 35.5. The van der Waals surface area contributed by atoms with Crippen molar-refractivity contribution < 1.29 is 9.90 Å². The lowest BCUT2D eigenvalue weighted by atomic mass is 9.82. The molecule has 0 radical (unpaired) electrons. The maximum absolute atomic E-state index is 12.7. The van der Waals surface area contributed by atoms with Crippen LogP contribution < -0.4 is 5.32 Å². The summed E-state index contributed by atoms with van der Waals surface area (Å²) in [5, 5.41) is 25.7. The molecule has 0 unspecified atom stereocenters. The lowest BCUT2D eigenvalue weighted by molar-refractivity contribution is 0.0945. The second-order valence-electron chi connectivity index (χ2n) is 8.43. The van der Waals surface area contributed by atoms with Gasteiger partial charge in [-0.2, -0.15) is 4.80 Å². The second-order valence-corrected chi connectivity index (χ2v) is 8.87. The minimum atomic E-state index is -0.275. The Bertz CT molecular complexity index is 1080. The molecule has 2 N–H and O–H groups in total. The van der Waals surface area contributed by atoms with E-state index < -0.39 is 0 Å². The second kappa shape index (κ2) is 10.2. The predicted molar refractivity (Wildman–Crippen MR) is 121 cm³/mol. The Morgan fingerprint density at radius 2 is 1.97 bits per heavy atom. The van der Waals surface area contributed by atoms with Crippen LogP contribution in [0.25, 0.3) is 11.4 Å². The van der Waals surface area contributed by atoms with Crippen LogP contribution in [0, 0.1) is 18.8 Å². The first-order valence-corrected chi connectivity index (χ1v) is 11.3. The normalized spacial score (nSPS) is 18.5. The largest absolute Gasteiger partial charge is 0.396 e. The number of aliphatic hydroxyl groups excluding tert-OH is 1. The van der Waals surface area contributed by atoms with Crippen molar-refractivity contribution in [2.24, 2.45) is 11.8 Å². The molecule has 0 bridgehead atoms. The molecule has 1 aromatic carbocycles. The standard InChI is InChI=1S/C23H27ClN6O2/c1-15-9-19(11-21(26-15)23(32)25-12-18-3-2-4-20(24)10-18)22-27-29-30(28-22)13-16-5-7-17(14-31)8-6-16/h2-4,9-11,16-17,31H,5-8,12-14H2,1H3,(H,25,32). The summed E-state index contributed by atoms with van der Waals surface area (Å²) in [5.41, 5.74) is 2.63. The topological polar surface area (TPSA) is 106 Å². The number of aliphatic hydroxyl groups is 1. The minimum Gasteiger partial charge on any atom is -0.396 e. The van der Waals surface area contributed by atoms with Crippen LogP contribution in [-0.4, -0.2) is 42.8 Å². The van der Waals surface area contributed by atoms with E-state index in [4.69, 9.17) is 11.6 Å². The smallest absolute Gasteiger partial charge is 0.270 e. The van der Waals surface area contributed by atoms with Gasteiger partial charge in [0.15, 0.2) is 0 Å². The van der Waals surface area contributed by atoms with Crippen molar-refractivity contribution >= 4 is 17.5 Å². The summed E-state index contributed by atoms with van der Waals surface area (Å²) >= 11 is 6.01. The van der Waals surface area contributed by atoms with Crippen LogP contribution in [0.5, 0.6) is 0 Å². The van der Waals surface area contributed by atoms with E-state index >= 15 is 0 Å².